The van der Waals surface area contributed by atoms with E-state index in [0.717, 1.165) is 56.9 Å². The number of rotatable bonds is 7. The third kappa shape index (κ3) is 5.60. The molecule has 0 radical (unpaired) electrons. The fraction of sp³-hybridized carbons (Fsp3) is 0.698. The molecule has 8 unspecified atom stereocenters. The Bertz CT molecular complexity index is 1900. The Kier molecular flexibility index (Phi) is 9.21. The number of hydrogen-bond donors (Lipinski definition) is 1. The molecule has 7 rings (SSSR count). The first kappa shape index (κ1) is 38.6. The van der Waals surface area contributed by atoms with Crippen molar-refractivity contribution in [3.63, 3.8) is 0 Å². The molecule has 0 saturated heterocycles. The minimum Gasteiger partial charge on any atom is -0.481 e. The average Bonchev–Trinajstić information content (AvgIpc) is 3.66. The van der Waals surface area contributed by atoms with E-state index in [4.69, 9.17) is 32.4 Å². The highest BCUT2D eigenvalue weighted by Crippen LogP contribution is 2.76. The first-order chi connectivity index (χ1) is 24.6. The summed E-state index contributed by atoms with van der Waals surface area (Å²) in [6.07, 6.45) is 7.56. The summed E-state index contributed by atoms with van der Waals surface area (Å²) in [4.78, 5) is 39.0. The van der Waals surface area contributed by atoms with Crippen LogP contribution in [0.15, 0.2) is 33.8 Å². The van der Waals surface area contributed by atoms with Crippen LogP contribution in [0.5, 0.6) is 0 Å². The highest BCUT2D eigenvalue weighted by molar-refractivity contribution is 6.36. The zero-order valence-corrected chi connectivity index (χ0v) is 34.3. The maximum Gasteiger partial charge on any atom is 0.309 e. The van der Waals surface area contributed by atoms with Gasteiger partial charge in [-0.25, -0.2) is 0 Å². The number of carboxylic acids is 1. The highest BCUT2D eigenvalue weighted by Gasteiger charge is 2.71. The van der Waals surface area contributed by atoms with Crippen molar-refractivity contribution in [3.8, 4) is 11.5 Å². The SMILES string of the molecule is CC(C)C1=C2C3CCC4C5(C)CCC(OC(=O)CC(C)(C)C(=O)O)C(C)(C)C5CCC4(C)C3(C)CCC2(c2nnc(-c3ccc(Cl)cc3Cl)o2)CC1=O. The van der Waals surface area contributed by atoms with Gasteiger partial charge < -0.3 is 14.3 Å². The minimum absolute atomic E-state index is 0.0238. The lowest BCUT2D eigenvalue weighted by atomic mass is 9.33. The maximum atomic E-state index is 14.1. The number of benzene rings is 1. The topological polar surface area (TPSA) is 120 Å². The first-order valence-electron chi connectivity index (χ1n) is 19.6. The van der Waals surface area contributed by atoms with Gasteiger partial charge in [-0.3, -0.25) is 14.4 Å². The number of aromatic nitrogens is 2. The molecule has 0 amide bonds. The molecular weight excluding hydrogens is 711 g/mol. The number of carbonyl (C=O) groups excluding carboxylic acids is 2. The predicted molar refractivity (Wildman–Crippen MR) is 204 cm³/mol. The van der Waals surface area contributed by atoms with Gasteiger partial charge in [-0.05, 0) is 134 Å². The van der Waals surface area contributed by atoms with Crippen LogP contribution in [0, 0.1) is 50.7 Å². The van der Waals surface area contributed by atoms with Crippen LogP contribution in [0.4, 0.5) is 0 Å². The van der Waals surface area contributed by atoms with Crippen LogP contribution in [0.1, 0.15) is 132 Å². The highest BCUT2D eigenvalue weighted by atomic mass is 35.5. The molecule has 288 valence electrons. The molecule has 5 aliphatic rings. The van der Waals surface area contributed by atoms with Crippen LogP contribution < -0.4 is 0 Å². The van der Waals surface area contributed by atoms with Gasteiger partial charge in [-0.2, -0.15) is 0 Å². The zero-order valence-electron chi connectivity index (χ0n) is 32.8. The van der Waals surface area contributed by atoms with Gasteiger partial charge >= 0.3 is 11.9 Å². The molecule has 0 aliphatic heterocycles. The van der Waals surface area contributed by atoms with Gasteiger partial charge in [0.1, 0.15) is 6.10 Å². The summed E-state index contributed by atoms with van der Waals surface area (Å²) < 4.78 is 12.7. The molecule has 2 aromatic rings. The minimum atomic E-state index is -1.17. The normalized spacial score (nSPS) is 36.4. The van der Waals surface area contributed by atoms with E-state index in [1.54, 1.807) is 32.0 Å². The number of carbonyl (C=O) groups is 3. The number of Topliss-reactive ketones (excluding diaryl/α,β-unsaturated/α-hetero) is 1. The van der Waals surface area contributed by atoms with Crippen molar-refractivity contribution in [2.24, 2.45) is 50.7 Å². The van der Waals surface area contributed by atoms with E-state index >= 15 is 0 Å². The molecule has 1 aromatic heterocycles. The Labute approximate surface area is 324 Å². The monoisotopic (exact) mass is 766 g/mol. The van der Waals surface area contributed by atoms with Crippen molar-refractivity contribution in [1.29, 1.82) is 0 Å². The molecule has 4 fully saturated rings. The van der Waals surface area contributed by atoms with E-state index in [9.17, 15) is 19.5 Å². The third-order valence-electron chi connectivity index (χ3n) is 15.8. The first-order valence-corrected chi connectivity index (χ1v) is 20.4. The molecule has 0 bridgehead atoms. The van der Waals surface area contributed by atoms with E-state index in [0.29, 0.717) is 45.6 Å². The quantitative estimate of drug-likeness (QED) is 0.277. The van der Waals surface area contributed by atoms with Gasteiger partial charge in [0.25, 0.3) is 0 Å². The van der Waals surface area contributed by atoms with E-state index < -0.39 is 22.8 Å². The Morgan fingerprint density at radius 3 is 2.34 bits per heavy atom. The summed E-state index contributed by atoms with van der Waals surface area (Å²) in [7, 11) is 0. The molecule has 0 spiro atoms. The van der Waals surface area contributed by atoms with Crippen molar-refractivity contribution < 1.29 is 28.6 Å². The van der Waals surface area contributed by atoms with Gasteiger partial charge in [-0.1, -0.05) is 71.7 Å². The van der Waals surface area contributed by atoms with E-state index in [2.05, 4.69) is 58.7 Å². The molecule has 53 heavy (non-hydrogen) atoms. The summed E-state index contributed by atoms with van der Waals surface area (Å²) in [6.45, 7) is 19.5. The van der Waals surface area contributed by atoms with Crippen molar-refractivity contribution in [1.82, 2.24) is 10.2 Å². The van der Waals surface area contributed by atoms with Gasteiger partial charge in [0.15, 0.2) is 5.78 Å². The number of nitrogens with zero attached hydrogens (tertiary/aromatic N) is 2. The van der Waals surface area contributed by atoms with Gasteiger partial charge in [0, 0.05) is 16.9 Å². The summed E-state index contributed by atoms with van der Waals surface area (Å²) in [5, 5.41) is 19.7. The number of fused-ring (bicyclic) bond motifs is 7. The van der Waals surface area contributed by atoms with Crippen LogP contribution in [0.2, 0.25) is 10.0 Å². The van der Waals surface area contributed by atoms with Gasteiger partial charge in [0.05, 0.1) is 27.8 Å². The molecule has 8 atom stereocenters. The molecule has 1 heterocycles. The molecule has 8 nitrogen and oxygen atoms in total. The maximum absolute atomic E-state index is 14.1. The second-order valence-corrected chi connectivity index (χ2v) is 20.4. The number of aliphatic carboxylic acids is 1. The number of carboxylic acid groups (broad SMARTS) is 1. The second kappa shape index (κ2) is 12.7. The van der Waals surface area contributed by atoms with E-state index in [-0.39, 0.29) is 51.8 Å². The Balaban J connectivity index is 1.21. The number of hydrogen-bond acceptors (Lipinski definition) is 7. The largest absolute Gasteiger partial charge is 0.481 e. The predicted octanol–water partition coefficient (Wildman–Crippen LogP) is 10.7. The number of esters is 1. The zero-order chi connectivity index (χ0) is 38.7. The second-order valence-electron chi connectivity index (χ2n) is 19.5. The fourth-order valence-electron chi connectivity index (χ4n) is 12.9. The molecule has 1 aromatic carbocycles. The summed E-state index contributed by atoms with van der Waals surface area (Å²) in [5.74, 6) is 0.734. The lowest BCUT2D eigenvalue weighted by molar-refractivity contribution is -0.232. The van der Waals surface area contributed by atoms with E-state index in [1.807, 2.05) is 0 Å². The summed E-state index contributed by atoms with van der Waals surface area (Å²) >= 11 is 12.8. The van der Waals surface area contributed by atoms with Crippen molar-refractivity contribution >= 4 is 40.9 Å². The molecule has 4 saturated carbocycles. The third-order valence-corrected chi connectivity index (χ3v) is 16.4. The summed E-state index contributed by atoms with van der Waals surface area (Å²) in [5.41, 5.74) is 0.787. The van der Waals surface area contributed by atoms with Gasteiger partial charge in [0.2, 0.25) is 11.8 Å². The van der Waals surface area contributed by atoms with Crippen LogP contribution >= 0.6 is 23.2 Å². The standard InChI is InChI=1S/C43H56Cl2N2O6/c1-23(2)33-28(48)21-43(36-47-46-35(53-36)25-11-10-24(44)20-27(25)45)19-18-41(8)26(34(33)43)12-13-30-40(7)16-15-31(52-32(49)22-38(3,4)37(50)51)39(5,6)29(40)14-17-42(30,41)9/h10-11,20,23,26,29-31H,12-19,21-22H2,1-9H3,(H,50,51). The number of allylic oxidation sites excluding steroid dienone is 2. The smallest absolute Gasteiger partial charge is 0.309 e. The van der Waals surface area contributed by atoms with Crippen molar-refractivity contribution in [2.45, 2.75) is 138 Å². The number of halogens is 2. The Morgan fingerprint density at radius 2 is 1.68 bits per heavy atom. The van der Waals surface area contributed by atoms with Gasteiger partial charge in [-0.15, -0.1) is 10.2 Å². The van der Waals surface area contributed by atoms with Crippen molar-refractivity contribution in [2.75, 3.05) is 0 Å². The Hall–Kier alpha value is -2.71. The van der Waals surface area contributed by atoms with Crippen molar-refractivity contribution in [3.05, 3.63) is 45.3 Å². The van der Waals surface area contributed by atoms with Crippen LogP contribution in [-0.4, -0.2) is 39.1 Å². The molecule has 5 aliphatic carbocycles. The van der Waals surface area contributed by atoms with E-state index in [1.165, 1.54) is 5.57 Å². The van der Waals surface area contributed by atoms with Crippen LogP contribution in [0.25, 0.3) is 11.5 Å². The van der Waals surface area contributed by atoms with Crippen LogP contribution in [0.3, 0.4) is 0 Å². The molecule has 1 N–H and O–H groups in total. The van der Waals surface area contributed by atoms with Crippen LogP contribution in [-0.2, 0) is 24.5 Å². The molecule has 10 heteroatoms. The lowest BCUT2D eigenvalue weighted by Gasteiger charge is -2.72. The lowest BCUT2D eigenvalue weighted by Crippen LogP contribution is -2.66. The average molecular weight is 768 g/mol. The fourth-order valence-corrected chi connectivity index (χ4v) is 13.4. The summed E-state index contributed by atoms with van der Waals surface area (Å²) in [6, 6.07) is 5.23. The molecular formula is C43H56Cl2N2O6. The Morgan fingerprint density at radius 1 is 0.962 bits per heavy atom. The number of ketones is 1. The number of ether oxygens (including phenoxy) is 1.